The Hall–Kier alpha value is -2.77. The van der Waals surface area contributed by atoms with E-state index in [1.54, 1.807) is 47.5 Å². The highest BCUT2D eigenvalue weighted by atomic mass is 35.5. The first kappa shape index (κ1) is 15.7. The van der Waals surface area contributed by atoms with Crippen molar-refractivity contribution in [1.29, 1.82) is 0 Å². The molecule has 3 heterocycles. The second-order valence-corrected chi connectivity index (χ2v) is 6.14. The molecule has 0 saturated heterocycles. The van der Waals surface area contributed by atoms with Crippen molar-refractivity contribution >= 4 is 34.1 Å². The predicted octanol–water partition coefficient (Wildman–Crippen LogP) is 2.73. The van der Waals surface area contributed by atoms with Crippen LogP contribution in [0.15, 0.2) is 54.0 Å². The van der Waals surface area contributed by atoms with Gasteiger partial charge in [0.05, 0.1) is 51.9 Å². The van der Waals surface area contributed by atoms with Gasteiger partial charge in [0.2, 0.25) is 0 Å². The van der Waals surface area contributed by atoms with E-state index in [0.717, 1.165) is 5.69 Å². The Balaban J connectivity index is 1.66. The third kappa shape index (κ3) is 2.99. The average Bonchev–Trinajstić information content (AvgIpc) is 3.09. The van der Waals surface area contributed by atoms with Gasteiger partial charge in [0.1, 0.15) is 5.69 Å². The zero-order valence-corrected chi connectivity index (χ0v) is 14.2. The van der Waals surface area contributed by atoms with Crippen molar-refractivity contribution in [3.8, 4) is 5.69 Å². The van der Waals surface area contributed by atoms with E-state index in [1.807, 2.05) is 0 Å². The number of aromatic nitrogens is 6. The van der Waals surface area contributed by atoms with Gasteiger partial charge in [-0.15, -0.1) is 5.10 Å². The molecule has 7 nitrogen and oxygen atoms in total. The summed E-state index contributed by atoms with van der Waals surface area (Å²) in [7, 11) is 0. The van der Waals surface area contributed by atoms with Gasteiger partial charge < -0.3 is 0 Å². The highest BCUT2D eigenvalue weighted by molar-refractivity contribution is 6.42. The molecule has 0 atom stereocenters. The fourth-order valence-electron chi connectivity index (χ4n) is 2.42. The van der Waals surface area contributed by atoms with E-state index < -0.39 is 0 Å². The molecule has 0 aliphatic carbocycles. The van der Waals surface area contributed by atoms with Crippen molar-refractivity contribution in [1.82, 2.24) is 29.5 Å². The Morgan fingerprint density at radius 1 is 1.12 bits per heavy atom. The van der Waals surface area contributed by atoms with Crippen LogP contribution in [-0.2, 0) is 6.54 Å². The van der Waals surface area contributed by atoms with Gasteiger partial charge in [-0.25, -0.2) is 9.67 Å². The number of rotatable bonds is 3. The van der Waals surface area contributed by atoms with Gasteiger partial charge in [-0.05, 0) is 24.3 Å². The number of hydrogen-bond donors (Lipinski definition) is 0. The van der Waals surface area contributed by atoms with Crippen molar-refractivity contribution < 1.29 is 0 Å². The molecule has 1 aromatic carbocycles. The van der Waals surface area contributed by atoms with Crippen LogP contribution in [0.1, 0.15) is 5.69 Å². The van der Waals surface area contributed by atoms with Crippen molar-refractivity contribution in [2.45, 2.75) is 6.54 Å². The SMILES string of the molecule is O=c1c2ccncc2ncn1Cc1cn(-c2ccc(Cl)c(Cl)c2)nn1. The lowest BCUT2D eigenvalue weighted by atomic mass is 10.3. The smallest absolute Gasteiger partial charge is 0.261 e. The van der Waals surface area contributed by atoms with Gasteiger partial charge >= 0.3 is 0 Å². The molecule has 0 fully saturated rings. The summed E-state index contributed by atoms with van der Waals surface area (Å²) in [5.74, 6) is 0. The van der Waals surface area contributed by atoms with Crippen molar-refractivity contribution in [3.63, 3.8) is 0 Å². The first-order chi connectivity index (χ1) is 12.1. The van der Waals surface area contributed by atoms with E-state index in [4.69, 9.17) is 23.2 Å². The number of benzene rings is 1. The summed E-state index contributed by atoms with van der Waals surface area (Å²) in [6.07, 6.45) is 6.32. The summed E-state index contributed by atoms with van der Waals surface area (Å²) in [4.78, 5) is 20.7. The maximum atomic E-state index is 12.5. The third-order valence-corrected chi connectivity index (χ3v) is 4.41. The van der Waals surface area contributed by atoms with Crippen LogP contribution in [-0.4, -0.2) is 29.5 Å². The molecule has 0 spiro atoms. The van der Waals surface area contributed by atoms with Crippen LogP contribution >= 0.6 is 23.2 Å². The standard InChI is InChI=1S/C16H10Cl2N6O/c17-13-2-1-11(5-14(13)18)24-8-10(21-22-24)7-23-9-20-15-6-19-4-3-12(15)16(23)25/h1-6,8-9H,7H2. The van der Waals surface area contributed by atoms with E-state index in [-0.39, 0.29) is 12.1 Å². The molecule has 4 aromatic rings. The van der Waals surface area contributed by atoms with Crippen molar-refractivity contribution in [2.24, 2.45) is 0 Å². The largest absolute Gasteiger partial charge is 0.293 e. The van der Waals surface area contributed by atoms with Gasteiger partial charge in [-0.1, -0.05) is 28.4 Å². The number of nitrogens with zero attached hydrogens (tertiary/aromatic N) is 6. The zero-order chi connectivity index (χ0) is 17.4. The lowest BCUT2D eigenvalue weighted by Gasteiger charge is -2.04. The lowest BCUT2D eigenvalue weighted by Crippen LogP contribution is -2.21. The highest BCUT2D eigenvalue weighted by Crippen LogP contribution is 2.24. The van der Waals surface area contributed by atoms with E-state index in [1.165, 1.54) is 10.9 Å². The predicted molar refractivity (Wildman–Crippen MR) is 94.3 cm³/mol. The minimum Gasteiger partial charge on any atom is -0.293 e. The summed E-state index contributed by atoms with van der Waals surface area (Å²) in [6.45, 7) is 0.255. The molecular weight excluding hydrogens is 363 g/mol. The molecule has 9 heteroatoms. The van der Waals surface area contributed by atoms with E-state index in [2.05, 4.69) is 20.3 Å². The Kier molecular flexibility index (Phi) is 3.95. The second kappa shape index (κ2) is 6.27. The molecule has 0 bridgehead atoms. The lowest BCUT2D eigenvalue weighted by molar-refractivity contribution is 0.722. The molecule has 25 heavy (non-hydrogen) atoms. The Bertz CT molecular complexity index is 1140. The molecule has 0 unspecified atom stereocenters. The molecule has 0 aliphatic rings. The van der Waals surface area contributed by atoms with Crippen LogP contribution in [0.2, 0.25) is 10.0 Å². The number of hydrogen-bond acceptors (Lipinski definition) is 5. The molecular formula is C16H10Cl2N6O. The first-order valence-electron chi connectivity index (χ1n) is 7.27. The molecule has 0 radical (unpaired) electrons. The molecule has 0 saturated carbocycles. The third-order valence-electron chi connectivity index (χ3n) is 3.67. The minimum absolute atomic E-state index is 0.156. The van der Waals surface area contributed by atoms with Crippen LogP contribution in [0.5, 0.6) is 0 Å². The quantitative estimate of drug-likeness (QED) is 0.552. The Morgan fingerprint density at radius 2 is 2.00 bits per heavy atom. The number of halogens is 2. The zero-order valence-electron chi connectivity index (χ0n) is 12.7. The molecule has 4 rings (SSSR count). The summed E-state index contributed by atoms with van der Waals surface area (Å²) >= 11 is 11.9. The van der Waals surface area contributed by atoms with Crippen LogP contribution < -0.4 is 5.56 Å². The Morgan fingerprint density at radius 3 is 2.84 bits per heavy atom. The van der Waals surface area contributed by atoms with Crippen molar-refractivity contribution in [3.05, 3.63) is 75.3 Å². The highest BCUT2D eigenvalue weighted by Gasteiger charge is 2.09. The van der Waals surface area contributed by atoms with Gasteiger partial charge in [-0.3, -0.25) is 14.3 Å². The van der Waals surface area contributed by atoms with Gasteiger partial charge in [0.25, 0.3) is 5.56 Å². The normalized spacial score (nSPS) is 11.1. The van der Waals surface area contributed by atoms with Gasteiger partial charge in [0, 0.05) is 6.20 Å². The maximum Gasteiger partial charge on any atom is 0.261 e. The fraction of sp³-hybridized carbons (Fsp3) is 0.0625. The van der Waals surface area contributed by atoms with Gasteiger partial charge in [0.15, 0.2) is 0 Å². The van der Waals surface area contributed by atoms with Crippen LogP contribution in [0.4, 0.5) is 0 Å². The summed E-state index contributed by atoms with van der Waals surface area (Å²) < 4.78 is 3.05. The molecule has 0 N–H and O–H groups in total. The van der Waals surface area contributed by atoms with E-state index in [9.17, 15) is 4.79 Å². The second-order valence-electron chi connectivity index (χ2n) is 5.32. The minimum atomic E-state index is -0.156. The molecule has 0 aliphatic heterocycles. The van der Waals surface area contributed by atoms with Crippen molar-refractivity contribution in [2.75, 3.05) is 0 Å². The monoisotopic (exact) mass is 372 g/mol. The van der Waals surface area contributed by atoms with Crippen LogP contribution in [0.25, 0.3) is 16.6 Å². The maximum absolute atomic E-state index is 12.5. The van der Waals surface area contributed by atoms with E-state index in [0.29, 0.717) is 26.6 Å². The van der Waals surface area contributed by atoms with Crippen LogP contribution in [0, 0.1) is 0 Å². The summed E-state index contributed by atoms with van der Waals surface area (Å²) in [5, 5.41) is 9.57. The summed E-state index contributed by atoms with van der Waals surface area (Å²) in [5.41, 5.74) is 1.74. The first-order valence-corrected chi connectivity index (χ1v) is 8.03. The van der Waals surface area contributed by atoms with E-state index >= 15 is 0 Å². The molecule has 0 amide bonds. The molecule has 124 valence electrons. The number of fused-ring (bicyclic) bond motifs is 1. The Labute approximate surface area is 151 Å². The topological polar surface area (TPSA) is 78.5 Å². The molecule has 3 aromatic heterocycles. The average molecular weight is 373 g/mol. The fourth-order valence-corrected chi connectivity index (χ4v) is 2.71. The number of pyridine rings is 1. The summed E-state index contributed by atoms with van der Waals surface area (Å²) in [6, 6.07) is 6.81. The van der Waals surface area contributed by atoms with Gasteiger partial charge in [-0.2, -0.15) is 0 Å². The van der Waals surface area contributed by atoms with Crippen LogP contribution in [0.3, 0.4) is 0 Å².